The average Bonchev–Trinajstić information content (AvgIpc) is 2.19. The van der Waals surface area contributed by atoms with Crippen LogP contribution in [-0.4, -0.2) is 27.1 Å². The number of carbonyl (C=O) groups is 2. The van der Waals surface area contributed by atoms with Crippen LogP contribution in [0.15, 0.2) is 18.3 Å². The Morgan fingerprint density at radius 1 is 1.44 bits per heavy atom. The van der Waals surface area contributed by atoms with E-state index in [-0.39, 0.29) is 12.1 Å². The molecule has 0 saturated carbocycles. The number of halogens is 1. The van der Waals surface area contributed by atoms with Gasteiger partial charge in [0.15, 0.2) is 5.82 Å². The second kappa shape index (κ2) is 5.01. The molecule has 1 heterocycles. The Bertz CT molecular complexity index is 456. The number of carboxylic acid groups (broad SMARTS) is 2. The van der Waals surface area contributed by atoms with Gasteiger partial charge in [0.1, 0.15) is 0 Å². The van der Waals surface area contributed by atoms with Crippen molar-refractivity contribution in [2.75, 3.05) is 0 Å². The molecule has 0 unspecified atom stereocenters. The van der Waals surface area contributed by atoms with E-state index in [9.17, 15) is 14.0 Å². The van der Waals surface area contributed by atoms with Gasteiger partial charge in [-0.3, -0.25) is 9.78 Å². The van der Waals surface area contributed by atoms with Gasteiger partial charge in [-0.1, -0.05) is 6.08 Å². The van der Waals surface area contributed by atoms with Gasteiger partial charge in [0.05, 0.1) is 23.9 Å². The standard InChI is InChI=1S/C10H8FNO4/c11-8-5-12-6(2-1-3-9(13)14)4-7(8)10(15)16/h1-2,4-5H,3H2,(H,13,14)(H,15,16). The van der Waals surface area contributed by atoms with Gasteiger partial charge in [0.25, 0.3) is 0 Å². The van der Waals surface area contributed by atoms with Crippen molar-refractivity contribution in [1.29, 1.82) is 0 Å². The van der Waals surface area contributed by atoms with E-state index in [1.54, 1.807) is 0 Å². The average molecular weight is 225 g/mol. The third-order valence-corrected chi connectivity index (χ3v) is 1.69. The number of aromatic nitrogens is 1. The molecule has 16 heavy (non-hydrogen) atoms. The first kappa shape index (κ1) is 11.8. The van der Waals surface area contributed by atoms with Gasteiger partial charge in [-0.2, -0.15) is 0 Å². The molecule has 5 nitrogen and oxygen atoms in total. The van der Waals surface area contributed by atoms with Crippen LogP contribution in [-0.2, 0) is 4.79 Å². The number of pyridine rings is 1. The fourth-order valence-electron chi connectivity index (χ4n) is 0.990. The Morgan fingerprint density at radius 3 is 2.69 bits per heavy atom. The van der Waals surface area contributed by atoms with Crippen molar-refractivity contribution in [1.82, 2.24) is 4.98 Å². The Labute approximate surface area is 89.9 Å². The molecule has 0 spiro atoms. The number of aliphatic carboxylic acids is 1. The van der Waals surface area contributed by atoms with Crippen LogP contribution in [0.3, 0.4) is 0 Å². The topological polar surface area (TPSA) is 87.5 Å². The maximum Gasteiger partial charge on any atom is 0.338 e. The molecule has 0 amide bonds. The Morgan fingerprint density at radius 2 is 2.12 bits per heavy atom. The third kappa shape index (κ3) is 3.16. The maximum absolute atomic E-state index is 12.9. The lowest BCUT2D eigenvalue weighted by Gasteiger charge is -1.98. The summed E-state index contributed by atoms with van der Waals surface area (Å²) in [5.74, 6) is -3.34. The summed E-state index contributed by atoms with van der Waals surface area (Å²) in [7, 11) is 0. The third-order valence-electron chi connectivity index (χ3n) is 1.69. The number of carboxylic acids is 2. The number of hydrogen-bond donors (Lipinski definition) is 2. The minimum absolute atomic E-state index is 0.194. The van der Waals surface area contributed by atoms with E-state index in [1.165, 1.54) is 12.2 Å². The first-order chi connectivity index (χ1) is 7.50. The lowest BCUT2D eigenvalue weighted by Crippen LogP contribution is -2.02. The molecule has 0 atom stereocenters. The number of aromatic carboxylic acids is 1. The van der Waals surface area contributed by atoms with E-state index in [4.69, 9.17) is 10.2 Å². The molecular formula is C10H8FNO4. The SMILES string of the molecule is O=C(O)CC=Cc1cc(C(=O)O)c(F)cn1. The monoisotopic (exact) mass is 225 g/mol. The number of nitrogens with zero attached hydrogens (tertiary/aromatic N) is 1. The van der Waals surface area contributed by atoms with Crippen LogP contribution in [0.25, 0.3) is 6.08 Å². The summed E-state index contributed by atoms with van der Waals surface area (Å²) in [6, 6.07) is 1.04. The summed E-state index contributed by atoms with van der Waals surface area (Å²) in [5, 5.41) is 17.0. The molecule has 0 radical (unpaired) electrons. The van der Waals surface area contributed by atoms with Crippen molar-refractivity contribution >= 4 is 18.0 Å². The Hall–Kier alpha value is -2.24. The van der Waals surface area contributed by atoms with Crippen molar-refractivity contribution < 1.29 is 24.2 Å². The molecule has 0 aromatic carbocycles. The minimum Gasteiger partial charge on any atom is -0.481 e. The van der Waals surface area contributed by atoms with Gasteiger partial charge in [0, 0.05) is 0 Å². The van der Waals surface area contributed by atoms with E-state index in [2.05, 4.69) is 4.98 Å². The summed E-state index contributed by atoms with van der Waals surface area (Å²) < 4.78 is 12.9. The van der Waals surface area contributed by atoms with E-state index in [0.29, 0.717) is 0 Å². The summed E-state index contributed by atoms with van der Waals surface area (Å²) in [6.45, 7) is 0. The highest BCUT2D eigenvalue weighted by Crippen LogP contribution is 2.09. The highest BCUT2D eigenvalue weighted by molar-refractivity contribution is 5.88. The molecule has 0 aliphatic carbocycles. The molecule has 0 aliphatic heterocycles. The van der Waals surface area contributed by atoms with Crippen LogP contribution in [0.1, 0.15) is 22.5 Å². The molecular weight excluding hydrogens is 217 g/mol. The van der Waals surface area contributed by atoms with Crippen LogP contribution in [0, 0.1) is 5.82 Å². The molecule has 0 aliphatic rings. The number of rotatable bonds is 4. The molecule has 84 valence electrons. The van der Waals surface area contributed by atoms with Crippen LogP contribution >= 0.6 is 0 Å². The minimum atomic E-state index is -1.40. The summed E-state index contributed by atoms with van der Waals surface area (Å²) in [5.41, 5.74) is -0.301. The normalized spacial score (nSPS) is 10.6. The zero-order chi connectivity index (χ0) is 12.1. The van der Waals surface area contributed by atoms with Gasteiger partial charge in [-0.05, 0) is 12.1 Å². The summed E-state index contributed by atoms with van der Waals surface area (Å²) >= 11 is 0. The fourth-order valence-corrected chi connectivity index (χ4v) is 0.990. The second-order valence-electron chi connectivity index (χ2n) is 2.89. The zero-order valence-corrected chi connectivity index (χ0v) is 8.05. The van der Waals surface area contributed by atoms with E-state index in [1.807, 2.05) is 0 Å². The first-order valence-electron chi connectivity index (χ1n) is 4.28. The van der Waals surface area contributed by atoms with Gasteiger partial charge in [-0.25, -0.2) is 9.18 Å². The molecule has 6 heteroatoms. The van der Waals surface area contributed by atoms with Crippen molar-refractivity contribution in [3.05, 3.63) is 35.4 Å². The molecule has 1 aromatic rings. The van der Waals surface area contributed by atoms with Crippen molar-refractivity contribution in [2.24, 2.45) is 0 Å². The van der Waals surface area contributed by atoms with Gasteiger partial charge in [-0.15, -0.1) is 0 Å². The predicted octanol–water partition coefficient (Wildman–Crippen LogP) is 1.41. The van der Waals surface area contributed by atoms with Crippen molar-refractivity contribution in [2.45, 2.75) is 6.42 Å². The summed E-state index contributed by atoms with van der Waals surface area (Å²) in [4.78, 5) is 24.4. The van der Waals surface area contributed by atoms with E-state index in [0.717, 1.165) is 12.3 Å². The fraction of sp³-hybridized carbons (Fsp3) is 0.100. The van der Waals surface area contributed by atoms with Crippen molar-refractivity contribution in [3.8, 4) is 0 Å². The van der Waals surface area contributed by atoms with Gasteiger partial charge < -0.3 is 10.2 Å². The van der Waals surface area contributed by atoms with Crippen LogP contribution in [0.4, 0.5) is 4.39 Å². The second-order valence-corrected chi connectivity index (χ2v) is 2.89. The lowest BCUT2D eigenvalue weighted by molar-refractivity contribution is -0.135. The van der Waals surface area contributed by atoms with Gasteiger partial charge >= 0.3 is 11.9 Å². The Kier molecular flexibility index (Phi) is 3.71. The van der Waals surface area contributed by atoms with Gasteiger partial charge in [0.2, 0.25) is 0 Å². The smallest absolute Gasteiger partial charge is 0.338 e. The number of hydrogen-bond acceptors (Lipinski definition) is 3. The quantitative estimate of drug-likeness (QED) is 0.808. The van der Waals surface area contributed by atoms with E-state index < -0.39 is 23.3 Å². The summed E-state index contributed by atoms with van der Waals surface area (Å²) in [6.07, 6.45) is 3.19. The molecule has 1 aromatic heterocycles. The van der Waals surface area contributed by atoms with Crippen LogP contribution in [0.2, 0.25) is 0 Å². The first-order valence-corrected chi connectivity index (χ1v) is 4.28. The highest BCUT2D eigenvalue weighted by Gasteiger charge is 2.10. The van der Waals surface area contributed by atoms with Crippen molar-refractivity contribution in [3.63, 3.8) is 0 Å². The molecule has 0 bridgehead atoms. The molecule has 1 rings (SSSR count). The Balaban J connectivity index is 2.91. The highest BCUT2D eigenvalue weighted by atomic mass is 19.1. The predicted molar refractivity (Wildman–Crippen MR) is 52.4 cm³/mol. The van der Waals surface area contributed by atoms with Crippen LogP contribution in [0.5, 0.6) is 0 Å². The molecule has 0 saturated heterocycles. The molecule has 2 N–H and O–H groups in total. The molecule has 0 fully saturated rings. The lowest BCUT2D eigenvalue weighted by atomic mass is 10.2. The van der Waals surface area contributed by atoms with E-state index >= 15 is 0 Å². The zero-order valence-electron chi connectivity index (χ0n) is 8.05. The largest absolute Gasteiger partial charge is 0.481 e. The maximum atomic E-state index is 12.9. The van der Waals surface area contributed by atoms with Crippen LogP contribution < -0.4 is 0 Å².